The van der Waals surface area contributed by atoms with Crippen molar-refractivity contribution in [1.82, 2.24) is 0 Å². The topological polar surface area (TPSA) is 81.7 Å². The largest absolute Gasteiger partial charge is 0.497 e. The lowest BCUT2D eigenvalue weighted by atomic mass is 10.1. The van der Waals surface area contributed by atoms with Crippen molar-refractivity contribution in [3.63, 3.8) is 0 Å². The fraction of sp³-hybridized carbons (Fsp3) is 0.167. The van der Waals surface area contributed by atoms with E-state index >= 15 is 0 Å². The lowest BCUT2D eigenvalue weighted by molar-refractivity contribution is 0.0600. The molecular weight excluding hydrogens is 310 g/mol. The van der Waals surface area contributed by atoms with Gasteiger partial charge in [-0.1, -0.05) is 0 Å². The SMILES string of the molecule is COC(=O)c1ccc(C(=O)Nc2cc(OC)ccc2C(C)=O)cc1. The summed E-state index contributed by atoms with van der Waals surface area (Å²) in [4.78, 5) is 35.5. The van der Waals surface area contributed by atoms with Gasteiger partial charge in [0.1, 0.15) is 5.75 Å². The Bertz CT molecular complexity index is 780. The number of amides is 1. The molecule has 0 unspecified atom stereocenters. The van der Waals surface area contributed by atoms with Crippen molar-refractivity contribution in [1.29, 1.82) is 0 Å². The van der Waals surface area contributed by atoms with Crippen LogP contribution in [0.15, 0.2) is 42.5 Å². The third-order valence-electron chi connectivity index (χ3n) is 3.42. The molecule has 6 heteroatoms. The van der Waals surface area contributed by atoms with Crippen molar-refractivity contribution in [2.75, 3.05) is 19.5 Å². The van der Waals surface area contributed by atoms with E-state index in [4.69, 9.17) is 4.74 Å². The summed E-state index contributed by atoms with van der Waals surface area (Å²) in [5.41, 5.74) is 1.44. The van der Waals surface area contributed by atoms with Crippen LogP contribution in [0.5, 0.6) is 5.75 Å². The Morgan fingerprint density at radius 3 is 2.08 bits per heavy atom. The van der Waals surface area contributed by atoms with Crippen LogP contribution in [0.1, 0.15) is 38.0 Å². The summed E-state index contributed by atoms with van der Waals surface area (Å²) >= 11 is 0. The zero-order chi connectivity index (χ0) is 17.7. The van der Waals surface area contributed by atoms with Crippen LogP contribution in [-0.2, 0) is 4.74 Å². The molecule has 0 atom stereocenters. The highest BCUT2D eigenvalue weighted by Gasteiger charge is 2.14. The van der Waals surface area contributed by atoms with Crippen LogP contribution in [-0.4, -0.2) is 31.9 Å². The van der Waals surface area contributed by atoms with Crippen molar-refractivity contribution >= 4 is 23.3 Å². The number of carbonyl (C=O) groups is 3. The van der Waals surface area contributed by atoms with Gasteiger partial charge in [-0.05, 0) is 43.3 Å². The van der Waals surface area contributed by atoms with Crippen molar-refractivity contribution in [3.05, 3.63) is 59.2 Å². The van der Waals surface area contributed by atoms with Gasteiger partial charge in [0.15, 0.2) is 5.78 Å². The molecule has 124 valence electrons. The molecule has 0 radical (unpaired) electrons. The number of carbonyl (C=O) groups excluding carboxylic acids is 3. The predicted octanol–water partition coefficient (Wildman–Crippen LogP) is 2.94. The monoisotopic (exact) mass is 327 g/mol. The van der Waals surface area contributed by atoms with E-state index in [0.29, 0.717) is 28.1 Å². The second-order valence-electron chi connectivity index (χ2n) is 4.99. The average molecular weight is 327 g/mol. The Balaban J connectivity index is 2.26. The summed E-state index contributed by atoms with van der Waals surface area (Å²) in [5.74, 6) is -0.527. The van der Waals surface area contributed by atoms with Gasteiger partial charge < -0.3 is 14.8 Å². The molecule has 2 rings (SSSR count). The maximum atomic E-state index is 12.4. The first kappa shape index (κ1) is 17.2. The van der Waals surface area contributed by atoms with E-state index < -0.39 is 11.9 Å². The number of methoxy groups -OCH3 is 2. The number of nitrogens with one attached hydrogen (secondary N) is 1. The third kappa shape index (κ3) is 3.78. The van der Waals surface area contributed by atoms with Gasteiger partial charge in [-0.25, -0.2) is 4.79 Å². The Morgan fingerprint density at radius 2 is 1.54 bits per heavy atom. The number of anilines is 1. The van der Waals surface area contributed by atoms with Gasteiger partial charge in [-0.2, -0.15) is 0 Å². The molecule has 0 fully saturated rings. The lowest BCUT2D eigenvalue weighted by Gasteiger charge is -2.11. The summed E-state index contributed by atoms with van der Waals surface area (Å²) in [5, 5.41) is 2.69. The summed E-state index contributed by atoms with van der Waals surface area (Å²) < 4.78 is 9.73. The Hall–Kier alpha value is -3.15. The zero-order valence-electron chi connectivity index (χ0n) is 13.6. The minimum absolute atomic E-state index is 0.172. The fourth-order valence-corrected chi connectivity index (χ4v) is 2.13. The maximum Gasteiger partial charge on any atom is 0.337 e. The Labute approximate surface area is 139 Å². The minimum atomic E-state index is -0.478. The quantitative estimate of drug-likeness (QED) is 0.674. The lowest BCUT2D eigenvalue weighted by Crippen LogP contribution is -2.14. The molecule has 0 aliphatic carbocycles. The van der Waals surface area contributed by atoms with E-state index in [1.54, 1.807) is 18.2 Å². The highest BCUT2D eigenvalue weighted by molar-refractivity contribution is 6.09. The molecule has 0 aliphatic rings. The van der Waals surface area contributed by atoms with Gasteiger partial charge in [0, 0.05) is 17.2 Å². The highest BCUT2D eigenvalue weighted by Crippen LogP contribution is 2.23. The molecule has 0 aromatic heterocycles. The van der Waals surface area contributed by atoms with E-state index in [0.717, 1.165) is 0 Å². The molecule has 6 nitrogen and oxygen atoms in total. The molecular formula is C18H17NO5. The average Bonchev–Trinajstić information content (AvgIpc) is 2.60. The summed E-state index contributed by atoms with van der Waals surface area (Å²) in [6.07, 6.45) is 0. The van der Waals surface area contributed by atoms with Crippen LogP contribution >= 0.6 is 0 Å². The second kappa shape index (κ2) is 7.41. The number of hydrogen-bond donors (Lipinski definition) is 1. The molecule has 1 N–H and O–H groups in total. The molecule has 0 bridgehead atoms. The van der Waals surface area contributed by atoms with Gasteiger partial charge in [0.25, 0.3) is 5.91 Å². The molecule has 0 spiro atoms. The molecule has 0 aliphatic heterocycles. The summed E-state index contributed by atoms with van der Waals surface area (Å²) in [6.45, 7) is 1.42. The third-order valence-corrected chi connectivity index (χ3v) is 3.42. The zero-order valence-corrected chi connectivity index (χ0v) is 13.6. The molecule has 1 amide bonds. The number of ether oxygens (including phenoxy) is 2. The van der Waals surface area contributed by atoms with E-state index in [2.05, 4.69) is 10.1 Å². The number of rotatable bonds is 5. The van der Waals surface area contributed by atoms with Gasteiger partial charge in [-0.3, -0.25) is 9.59 Å². The first-order chi connectivity index (χ1) is 11.5. The smallest absolute Gasteiger partial charge is 0.337 e. The fourth-order valence-electron chi connectivity index (χ4n) is 2.13. The first-order valence-corrected chi connectivity index (χ1v) is 7.15. The minimum Gasteiger partial charge on any atom is -0.497 e. The number of Topliss-reactive ketones (excluding diaryl/α,β-unsaturated/α-hetero) is 1. The Kier molecular flexibility index (Phi) is 5.31. The molecule has 24 heavy (non-hydrogen) atoms. The molecule has 2 aromatic carbocycles. The highest BCUT2D eigenvalue weighted by atomic mass is 16.5. The van der Waals surface area contributed by atoms with Crippen LogP contribution < -0.4 is 10.1 Å². The van der Waals surface area contributed by atoms with E-state index in [9.17, 15) is 14.4 Å². The number of benzene rings is 2. The first-order valence-electron chi connectivity index (χ1n) is 7.15. The van der Waals surface area contributed by atoms with Crippen LogP contribution in [0.2, 0.25) is 0 Å². The van der Waals surface area contributed by atoms with Crippen molar-refractivity contribution in [2.45, 2.75) is 6.92 Å². The normalized spacial score (nSPS) is 9.96. The van der Waals surface area contributed by atoms with Crippen molar-refractivity contribution in [2.24, 2.45) is 0 Å². The molecule has 0 heterocycles. The van der Waals surface area contributed by atoms with Crippen LogP contribution in [0.4, 0.5) is 5.69 Å². The summed E-state index contributed by atoms with van der Waals surface area (Å²) in [6, 6.07) is 10.8. The van der Waals surface area contributed by atoms with Gasteiger partial charge in [0.2, 0.25) is 0 Å². The van der Waals surface area contributed by atoms with E-state index in [-0.39, 0.29) is 5.78 Å². The van der Waals surface area contributed by atoms with Crippen molar-refractivity contribution < 1.29 is 23.9 Å². The standard InChI is InChI=1S/C18H17NO5/c1-11(20)15-9-8-14(23-2)10-16(15)19-17(21)12-4-6-13(7-5-12)18(22)24-3/h4-10H,1-3H3,(H,19,21). The second-order valence-corrected chi connectivity index (χ2v) is 4.99. The predicted molar refractivity (Wildman–Crippen MR) is 88.7 cm³/mol. The molecule has 0 saturated heterocycles. The van der Waals surface area contributed by atoms with Gasteiger partial charge in [-0.15, -0.1) is 0 Å². The number of ketones is 1. The van der Waals surface area contributed by atoms with Crippen LogP contribution in [0.3, 0.4) is 0 Å². The van der Waals surface area contributed by atoms with E-state index in [1.165, 1.54) is 45.4 Å². The van der Waals surface area contributed by atoms with Crippen LogP contribution in [0, 0.1) is 0 Å². The number of esters is 1. The Morgan fingerprint density at radius 1 is 0.917 bits per heavy atom. The van der Waals surface area contributed by atoms with E-state index in [1.807, 2.05) is 0 Å². The van der Waals surface area contributed by atoms with Gasteiger partial charge in [0.05, 0.1) is 25.5 Å². The molecule has 2 aromatic rings. The summed E-state index contributed by atoms with van der Waals surface area (Å²) in [7, 11) is 2.79. The maximum absolute atomic E-state index is 12.4. The van der Waals surface area contributed by atoms with Crippen molar-refractivity contribution in [3.8, 4) is 5.75 Å². The van der Waals surface area contributed by atoms with Crippen LogP contribution in [0.25, 0.3) is 0 Å². The van der Waals surface area contributed by atoms with Gasteiger partial charge >= 0.3 is 5.97 Å². The number of hydrogen-bond acceptors (Lipinski definition) is 5. The molecule has 0 saturated carbocycles.